The van der Waals surface area contributed by atoms with Gasteiger partial charge in [-0.15, -0.1) is 0 Å². The Morgan fingerprint density at radius 3 is 2.80 bits per heavy atom. The van der Waals surface area contributed by atoms with Gasteiger partial charge in [0.05, 0.1) is 12.1 Å². The summed E-state index contributed by atoms with van der Waals surface area (Å²) < 4.78 is 10.5. The Balaban J connectivity index is 2.12. The van der Waals surface area contributed by atoms with E-state index in [1.165, 1.54) is 0 Å². The van der Waals surface area contributed by atoms with E-state index in [9.17, 15) is 0 Å². The van der Waals surface area contributed by atoms with Crippen LogP contribution in [0.15, 0.2) is 4.52 Å². The summed E-state index contributed by atoms with van der Waals surface area (Å²) in [6.45, 7) is 5.22. The monoisotopic (exact) mass is 211 g/mol. The molecule has 2 heterocycles. The zero-order valence-corrected chi connectivity index (χ0v) is 9.19. The summed E-state index contributed by atoms with van der Waals surface area (Å²) in [6, 6.07) is 0. The van der Waals surface area contributed by atoms with Crippen LogP contribution < -0.4 is 5.73 Å². The second-order valence-corrected chi connectivity index (χ2v) is 4.59. The van der Waals surface area contributed by atoms with E-state index in [1.807, 2.05) is 13.8 Å². The van der Waals surface area contributed by atoms with Crippen LogP contribution in [0.4, 0.5) is 0 Å². The molecule has 0 aliphatic carbocycles. The van der Waals surface area contributed by atoms with E-state index in [-0.39, 0.29) is 5.92 Å². The molecule has 0 aromatic carbocycles. The fourth-order valence-corrected chi connectivity index (χ4v) is 1.61. The van der Waals surface area contributed by atoms with Crippen molar-refractivity contribution in [2.45, 2.75) is 38.1 Å². The quantitative estimate of drug-likeness (QED) is 0.794. The molecule has 1 aliphatic rings. The third-order valence-corrected chi connectivity index (χ3v) is 2.52. The number of hydrogen-bond acceptors (Lipinski definition) is 5. The van der Waals surface area contributed by atoms with Crippen molar-refractivity contribution in [2.24, 2.45) is 5.73 Å². The zero-order valence-electron chi connectivity index (χ0n) is 9.19. The summed E-state index contributed by atoms with van der Waals surface area (Å²) in [7, 11) is 0. The van der Waals surface area contributed by atoms with E-state index in [4.69, 9.17) is 15.0 Å². The number of hydrogen-bond donors (Lipinski definition) is 1. The molecule has 0 saturated carbocycles. The SMILES string of the molecule is CC(C)(N)c1nc(C2CCCOC2)no1. The second kappa shape index (κ2) is 3.90. The maximum absolute atomic E-state index is 5.87. The summed E-state index contributed by atoms with van der Waals surface area (Å²) in [4.78, 5) is 4.32. The van der Waals surface area contributed by atoms with Crippen molar-refractivity contribution in [3.63, 3.8) is 0 Å². The minimum Gasteiger partial charge on any atom is -0.381 e. The van der Waals surface area contributed by atoms with E-state index in [2.05, 4.69) is 10.1 Å². The average molecular weight is 211 g/mol. The average Bonchev–Trinajstić information content (AvgIpc) is 2.67. The Morgan fingerprint density at radius 1 is 1.47 bits per heavy atom. The fraction of sp³-hybridized carbons (Fsp3) is 0.800. The van der Waals surface area contributed by atoms with E-state index in [1.54, 1.807) is 0 Å². The molecular weight excluding hydrogens is 194 g/mol. The van der Waals surface area contributed by atoms with E-state index in [0.29, 0.717) is 12.5 Å². The van der Waals surface area contributed by atoms with Gasteiger partial charge >= 0.3 is 0 Å². The molecule has 84 valence electrons. The molecule has 1 saturated heterocycles. The molecule has 1 unspecified atom stereocenters. The highest BCUT2D eigenvalue weighted by Gasteiger charge is 2.26. The molecule has 1 atom stereocenters. The van der Waals surface area contributed by atoms with Crippen molar-refractivity contribution < 1.29 is 9.26 Å². The molecule has 2 rings (SSSR count). The van der Waals surface area contributed by atoms with E-state index in [0.717, 1.165) is 25.3 Å². The lowest BCUT2D eigenvalue weighted by molar-refractivity contribution is 0.0773. The maximum Gasteiger partial charge on any atom is 0.246 e. The van der Waals surface area contributed by atoms with Crippen molar-refractivity contribution >= 4 is 0 Å². The molecular formula is C10H17N3O2. The molecule has 0 spiro atoms. The van der Waals surface area contributed by atoms with Crippen LogP contribution >= 0.6 is 0 Å². The van der Waals surface area contributed by atoms with Crippen LogP contribution in [0.2, 0.25) is 0 Å². The van der Waals surface area contributed by atoms with Gasteiger partial charge in [-0.25, -0.2) is 0 Å². The minimum atomic E-state index is -0.569. The van der Waals surface area contributed by atoms with Gasteiger partial charge in [0.1, 0.15) is 0 Å². The van der Waals surface area contributed by atoms with Crippen LogP contribution in [-0.2, 0) is 10.3 Å². The number of rotatable bonds is 2. The Morgan fingerprint density at radius 2 is 2.27 bits per heavy atom. The van der Waals surface area contributed by atoms with Gasteiger partial charge in [0.15, 0.2) is 5.82 Å². The van der Waals surface area contributed by atoms with E-state index < -0.39 is 5.54 Å². The van der Waals surface area contributed by atoms with Gasteiger partial charge in [-0.05, 0) is 26.7 Å². The molecule has 2 N–H and O–H groups in total. The van der Waals surface area contributed by atoms with Gasteiger partial charge in [0, 0.05) is 12.5 Å². The maximum atomic E-state index is 5.87. The van der Waals surface area contributed by atoms with Crippen LogP contribution in [0.3, 0.4) is 0 Å². The third kappa shape index (κ3) is 2.35. The van der Waals surface area contributed by atoms with Crippen LogP contribution in [0.25, 0.3) is 0 Å². The third-order valence-electron chi connectivity index (χ3n) is 2.52. The van der Waals surface area contributed by atoms with Gasteiger partial charge in [-0.3, -0.25) is 0 Å². The predicted molar refractivity (Wildman–Crippen MR) is 54.3 cm³/mol. The second-order valence-electron chi connectivity index (χ2n) is 4.59. The van der Waals surface area contributed by atoms with Gasteiger partial charge in [-0.1, -0.05) is 5.16 Å². The van der Waals surface area contributed by atoms with Gasteiger partial charge in [-0.2, -0.15) is 4.98 Å². The lowest BCUT2D eigenvalue weighted by atomic mass is 10.0. The van der Waals surface area contributed by atoms with Crippen LogP contribution in [0, 0.1) is 0 Å². The highest BCUT2D eigenvalue weighted by Crippen LogP contribution is 2.24. The number of aromatic nitrogens is 2. The number of nitrogens with zero attached hydrogens (tertiary/aromatic N) is 2. The van der Waals surface area contributed by atoms with Crippen LogP contribution in [0.1, 0.15) is 44.3 Å². The fourth-order valence-electron chi connectivity index (χ4n) is 1.61. The summed E-state index contributed by atoms with van der Waals surface area (Å²) >= 11 is 0. The molecule has 0 amide bonds. The van der Waals surface area contributed by atoms with Crippen LogP contribution in [-0.4, -0.2) is 23.4 Å². The van der Waals surface area contributed by atoms with Gasteiger partial charge in [0.25, 0.3) is 0 Å². The van der Waals surface area contributed by atoms with Crippen molar-refractivity contribution in [1.29, 1.82) is 0 Å². The molecule has 0 radical (unpaired) electrons. The molecule has 1 fully saturated rings. The summed E-state index contributed by atoms with van der Waals surface area (Å²) in [5, 5.41) is 3.96. The predicted octanol–water partition coefficient (Wildman–Crippen LogP) is 1.16. The molecule has 5 heteroatoms. The molecule has 0 bridgehead atoms. The lowest BCUT2D eigenvalue weighted by Gasteiger charge is -2.18. The van der Waals surface area contributed by atoms with Gasteiger partial charge < -0.3 is 15.0 Å². The first-order valence-electron chi connectivity index (χ1n) is 5.28. The lowest BCUT2D eigenvalue weighted by Crippen LogP contribution is -2.29. The van der Waals surface area contributed by atoms with Crippen molar-refractivity contribution in [3.05, 3.63) is 11.7 Å². The number of ether oxygens (including phenoxy) is 1. The molecule has 1 aromatic rings. The smallest absolute Gasteiger partial charge is 0.246 e. The molecule has 5 nitrogen and oxygen atoms in total. The summed E-state index contributed by atoms with van der Waals surface area (Å²) in [5.74, 6) is 1.48. The van der Waals surface area contributed by atoms with Crippen molar-refractivity contribution in [3.8, 4) is 0 Å². The highest BCUT2D eigenvalue weighted by atomic mass is 16.5. The first-order chi connectivity index (χ1) is 7.07. The Bertz CT molecular complexity index is 324. The van der Waals surface area contributed by atoms with Crippen LogP contribution in [0.5, 0.6) is 0 Å². The summed E-state index contributed by atoms with van der Waals surface area (Å²) in [5.41, 5.74) is 5.30. The molecule has 1 aromatic heterocycles. The largest absolute Gasteiger partial charge is 0.381 e. The Kier molecular flexibility index (Phi) is 2.75. The van der Waals surface area contributed by atoms with E-state index >= 15 is 0 Å². The molecule has 1 aliphatic heterocycles. The highest BCUT2D eigenvalue weighted by molar-refractivity contribution is 5.02. The first-order valence-corrected chi connectivity index (χ1v) is 5.28. The zero-order chi connectivity index (χ0) is 10.9. The Labute approximate surface area is 89.0 Å². The molecule has 15 heavy (non-hydrogen) atoms. The first kappa shape index (κ1) is 10.6. The summed E-state index contributed by atoms with van der Waals surface area (Å²) in [6.07, 6.45) is 2.12. The Hall–Kier alpha value is -0.940. The minimum absolute atomic E-state index is 0.263. The standard InChI is InChI=1S/C10H17N3O2/c1-10(2,11)9-12-8(13-15-9)7-4-3-5-14-6-7/h7H,3-6,11H2,1-2H3. The topological polar surface area (TPSA) is 74.2 Å². The van der Waals surface area contributed by atoms with Crippen molar-refractivity contribution in [2.75, 3.05) is 13.2 Å². The normalized spacial score (nSPS) is 23.0. The number of nitrogens with two attached hydrogens (primary N) is 1. The van der Waals surface area contributed by atoms with Crippen molar-refractivity contribution in [1.82, 2.24) is 10.1 Å². The van der Waals surface area contributed by atoms with Gasteiger partial charge in [0.2, 0.25) is 5.89 Å².